The van der Waals surface area contributed by atoms with Crippen LogP contribution >= 0.6 is 0 Å². The Kier molecular flexibility index (Phi) is 4.71. The second-order valence-corrected chi connectivity index (χ2v) is 5.43. The lowest BCUT2D eigenvalue weighted by molar-refractivity contribution is 0.0525. The van der Waals surface area contributed by atoms with Crippen molar-refractivity contribution in [3.63, 3.8) is 0 Å². The van der Waals surface area contributed by atoms with Gasteiger partial charge < -0.3 is 14.4 Å². The molecule has 1 aliphatic rings. The number of methoxy groups -OCH3 is 1. The molecule has 1 fully saturated rings. The lowest BCUT2D eigenvalue weighted by atomic mass is 10.1. The Morgan fingerprint density at radius 2 is 2.22 bits per heavy atom. The molecule has 1 amide bonds. The van der Waals surface area contributed by atoms with Crippen LogP contribution in [0.15, 0.2) is 42.6 Å². The van der Waals surface area contributed by atoms with Crippen molar-refractivity contribution in [2.24, 2.45) is 0 Å². The van der Waals surface area contributed by atoms with Gasteiger partial charge in [-0.1, -0.05) is 6.07 Å². The van der Waals surface area contributed by atoms with Gasteiger partial charge in [-0.3, -0.25) is 4.79 Å². The van der Waals surface area contributed by atoms with Crippen LogP contribution in [0.2, 0.25) is 0 Å². The van der Waals surface area contributed by atoms with E-state index >= 15 is 0 Å². The average molecular weight is 313 g/mol. The SMILES string of the molecule is COc1cccc(C(=O)N2CCCC(Oc3cccnn3)C2)c1. The fourth-order valence-corrected chi connectivity index (χ4v) is 2.68. The molecular formula is C17H19N3O3. The van der Waals surface area contributed by atoms with E-state index in [1.54, 1.807) is 37.6 Å². The molecule has 1 saturated heterocycles. The zero-order chi connectivity index (χ0) is 16.1. The maximum Gasteiger partial charge on any atom is 0.254 e. The van der Waals surface area contributed by atoms with Crippen LogP contribution in [-0.4, -0.2) is 47.3 Å². The molecule has 0 spiro atoms. The van der Waals surface area contributed by atoms with Gasteiger partial charge in [-0.2, -0.15) is 5.10 Å². The third-order valence-corrected chi connectivity index (χ3v) is 3.82. The number of carbonyl (C=O) groups is 1. The van der Waals surface area contributed by atoms with E-state index in [1.165, 1.54) is 0 Å². The number of nitrogens with zero attached hydrogens (tertiary/aromatic N) is 3. The number of hydrogen-bond acceptors (Lipinski definition) is 5. The first-order valence-corrected chi connectivity index (χ1v) is 7.64. The third-order valence-electron chi connectivity index (χ3n) is 3.82. The highest BCUT2D eigenvalue weighted by atomic mass is 16.5. The van der Waals surface area contributed by atoms with Gasteiger partial charge in [-0.25, -0.2) is 0 Å². The molecule has 2 heterocycles. The van der Waals surface area contributed by atoms with Gasteiger partial charge in [0.25, 0.3) is 5.91 Å². The predicted molar refractivity (Wildman–Crippen MR) is 84.6 cm³/mol. The van der Waals surface area contributed by atoms with Crippen molar-refractivity contribution in [3.8, 4) is 11.6 Å². The van der Waals surface area contributed by atoms with Crippen molar-refractivity contribution in [1.29, 1.82) is 0 Å². The van der Waals surface area contributed by atoms with Crippen LogP contribution in [0.5, 0.6) is 11.6 Å². The predicted octanol–water partition coefficient (Wildman–Crippen LogP) is 2.17. The third kappa shape index (κ3) is 3.77. The summed E-state index contributed by atoms with van der Waals surface area (Å²) in [4.78, 5) is 14.5. The molecule has 3 rings (SSSR count). The molecule has 120 valence electrons. The highest BCUT2D eigenvalue weighted by molar-refractivity contribution is 5.94. The number of ether oxygens (including phenoxy) is 2. The van der Waals surface area contributed by atoms with E-state index in [1.807, 2.05) is 17.0 Å². The number of amides is 1. The van der Waals surface area contributed by atoms with Gasteiger partial charge in [0, 0.05) is 24.4 Å². The number of aromatic nitrogens is 2. The molecule has 0 bridgehead atoms. The molecule has 1 aromatic heterocycles. The summed E-state index contributed by atoms with van der Waals surface area (Å²) in [5.41, 5.74) is 0.629. The van der Waals surface area contributed by atoms with Crippen molar-refractivity contribution in [2.45, 2.75) is 18.9 Å². The quantitative estimate of drug-likeness (QED) is 0.865. The van der Waals surface area contributed by atoms with E-state index in [0.29, 0.717) is 23.7 Å². The number of piperidine rings is 1. The van der Waals surface area contributed by atoms with E-state index in [0.717, 1.165) is 19.4 Å². The van der Waals surface area contributed by atoms with Crippen molar-refractivity contribution in [2.75, 3.05) is 20.2 Å². The molecule has 1 atom stereocenters. The number of benzene rings is 1. The molecule has 2 aromatic rings. The summed E-state index contributed by atoms with van der Waals surface area (Å²) in [7, 11) is 1.59. The van der Waals surface area contributed by atoms with E-state index in [2.05, 4.69) is 10.2 Å². The van der Waals surface area contributed by atoms with Gasteiger partial charge in [-0.15, -0.1) is 5.10 Å². The lowest BCUT2D eigenvalue weighted by Crippen LogP contribution is -2.44. The van der Waals surface area contributed by atoms with Gasteiger partial charge in [0.05, 0.1) is 13.7 Å². The highest BCUT2D eigenvalue weighted by Gasteiger charge is 2.26. The summed E-state index contributed by atoms with van der Waals surface area (Å²) >= 11 is 0. The first-order chi connectivity index (χ1) is 11.3. The highest BCUT2D eigenvalue weighted by Crippen LogP contribution is 2.20. The lowest BCUT2D eigenvalue weighted by Gasteiger charge is -2.32. The van der Waals surface area contributed by atoms with Crippen LogP contribution in [0.1, 0.15) is 23.2 Å². The van der Waals surface area contributed by atoms with Crippen LogP contribution in [0, 0.1) is 0 Å². The summed E-state index contributed by atoms with van der Waals surface area (Å²) in [5.74, 6) is 1.17. The summed E-state index contributed by atoms with van der Waals surface area (Å²) in [6.45, 7) is 1.28. The summed E-state index contributed by atoms with van der Waals surface area (Å²) in [5, 5.41) is 7.73. The van der Waals surface area contributed by atoms with Crippen molar-refractivity contribution < 1.29 is 14.3 Å². The monoisotopic (exact) mass is 313 g/mol. The number of rotatable bonds is 4. The first-order valence-electron chi connectivity index (χ1n) is 7.64. The second-order valence-electron chi connectivity index (χ2n) is 5.43. The molecule has 0 N–H and O–H groups in total. The molecule has 23 heavy (non-hydrogen) atoms. The Morgan fingerprint density at radius 3 is 3.00 bits per heavy atom. The van der Waals surface area contributed by atoms with Gasteiger partial charge in [0.2, 0.25) is 5.88 Å². The summed E-state index contributed by atoms with van der Waals surface area (Å²) in [6, 6.07) is 10.8. The smallest absolute Gasteiger partial charge is 0.254 e. The van der Waals surface area contributed by atoms with E-state index < -0.39 is 0 Å². The molecule has 1 aliphatic heterocycles. The molecule has 1 unspecified atom stereocenters. The zero-order valence-corrected chi connectivity index (χ0v) is 13.0. The molecular weight excluding hydrogens is 294 g/mol. The van der Waals surface area contributed by atoms with E-state index in [9.17, 15) is 4.79 Å². The topological polar surface area (TPSA) is 64.5 Å². The summed E-state index contributed by atoms with van der Waals surface area (Å²) in [6.07, 6.45) is 3.35. The van der Waals surface area contributed by atoms with Crippen LogP contribution in [-0.2, 0) is 0 Å². The summed E-state index contributed by atoms with van der Waals surface area (Å²) < 4.78 is 11.0. The average Bonchev–Trinajstić information content (AvgIpc) is 2.62. The van der Waals surface area contributed by atoms with Gasteiger partial charge in [-0.05, 0) is 37.1 Å². The second kappa shape index (κ2) is 7.09. The maximum atomic E-state index is 12.7. The largest absolute Gasteiger partial charge is 0.497 e. The zero-order valence-electron chi connectivity index (χ0n) is 13.0. The Hall–Kier alpha value is -2.63. The van der Waals surface area contributed by atoms with E-state index in [-0.39, 0.29) is 12.0 Å². The molecule has 6 nitrogen and oxygen atoms in total. The molecule has 0 saturated carbocycles. The first kappa shape index (κ1) is 15.3. The Bertz CT molecular complexity index is 663. The van der Waals surface area contributed by atoms with Crippen molar-refractivity contribution in [1.82, 2.24) is 15.1 Å². The van der Waals surface area contributed by atoms with Gasteiger partial charge >= 0.3 is 0 Å². The van der Waals surface area contributed by atoms with Gasteiger partial charge in [0.15, 0.2) is 0 Å². The van der Waals surface area contributed by atoms with Crippen LogP contribution < -0.4 is 9.47 Å². The Morgan fingerprint density at radius 1 is 1.30 bits per heavy atom. The van der Waals surface area contributed by atoms with Gasteiger partial charge in [0.1, 0.15) is 11.9 Å². The van der Waals surface area contributed by atoms with Crippen LogP contribution in [0.25, 0.3) is 0 Å². The Labute approximate surface area is 135 Å². The molecule has 6 heteroatoms. The van der Waals surface area contributed by atoms with E-state index in [4.69, 9.17) is 9.47 Å². The minimum atomic E-state index is -0.0602. The fraction of sp³-hybridized carbons (Fsp3) is 0.353. The van der Waals surface area contributed by atoms with Crippen LogP contribution in [0.3, 0.4) is 0 Å². The molecule has 0 aliphatic carbocycles. The minimum Gasteiger partial charge on any atom is -0.497 e. The number of hydrogen-bond donors (Lipinski definition) is 0. The van der Waals surface area contributed by atoms with Crippen molar-refractivity contribution >= 4 is 5.91 Å². The fourth-order valence-electron chi connectivity index (χ4n) is 2.68. The normalized spacial score (nSPS) is 17.6. The van der Waals surface area contributed by atoms with Crippen LogP contribution in [0.4, 0.5) is 0 Å². The number of carbonyl (C=O) groups excluding carboxylic acids is 1. The number of likely N-dealkylation sites (tertiary alicyclic amines) is 1. The van der Waals surface area contributed by atoms with Crippen molar-refractivity contribution in [3.05, 3.63) is 48.2 Å². The molecule has 1 aromatic carbocycles. The maximum absolute atomic E-state index is 12.7. The molecule has 0 radical (unpaired) electrons. The Balaban J connectivity index is 1.66. The minimum absolute atomic E-state index is 0.00338. The standard InChI is InChI=1S/C17H19N3O3/c1-22-14-6-2-5-13(11-14)17(21)20-10-4-7-15(12-20)23-16-8-3-9-18-19-16/h2-3,5-6,8-9,11,15H,4,7,10,12H2,1H3.